The summed E-state index contributed by atoms with van der Waals surface area (Å²) in [6.45, 7) is 1.85. The van der Waals surface area contributed by atoms with Gasteiger partial charge >= 0.3 is 0 Å². The van der Waals surface area contributed by atoms with Gasteiger partial charge in [-0.15, -0.1) is 0 Å². The molecule has 2 rings (SSSR count). The lowest BCUT2D eigenvalue weighted by Crippen LogP contribution is -2.24. The molecular formula is C13H17N3O2S. The summed E-state index contributed by atoms with van der Waals surface area (Å²) in [5.74, 6) is 0. The van der Waals surface area contributed by atoms with Crippen molar-refractivity contribution in [2.45, 2.75) is 17.1 Å². The van der Waals surface area contributed by atoms with E-state index in [-0.39, 0.29) is 11.4 Å². The molecule has 19 heavy (non-hydrogen) atoms. The Bertz CT molecular complexity index is 662. The first kappa shape index (κ1) is 13.8. The summed E-state index contributed by atoms with van der Waals surface area (Å²) < 4.78 is 26.8. The van der Waals surface area contributed by atoms with E-state index in [1.165, 1.54) is 0 Å². The van der Waals surface area contributed by atoms with Gasteiger partial charge in [-0.2, -0.15) is 5.10 Å². The average Bonchev–Trinajstić information content (AvgIpc) is 2.70. The summed E-state index contributed by atoms with van der Waals surface area (Å²) >= 11 is 0. The summed E-state index contributed by atoms with van der Waals surface area (Å²) in [6, 6.07) is 10.1. The lowest BCUT2D eigenvalue weighted by atomic mass is 10.3. The van der Waals surface area contributed by atoms with Crippen molar-refractivity contribution in [2.24, 2.45) is 12.8 Å². The van der Waals surface area contributed by atoms with E-state index in [2.05, 4.69) is 5.10 Å². The molecule has 1 aromatic carbocycles. The van der Waals surface area contributed by atoms with Crippen molar-refractivity contribution in [3.8, 4) is 0 Å². The Morgan fingerprint density at radius 1 is 1.32 bits per heavy atom. The third-order valence-electron chi connectivity index (χ3n) is 3.03. The molecule has 102 valence electrons. The SMILES string of the molecule is Cc1cc(C(CN)S(=O)(=O)c2ccccc2)n(C)n1. The smallest absolute Gasteiger partial charge is 0.188 e. The minimum atomic E-state index is -3.50. The molecule has 1 heterocycles. The van der Waals surface area contributed by atoms with Gasteiger partial charge in [-0.1, -0.05) is 18.2 Å². The van der Waals surface area contributed by atoms with E-state index in [1.807, 2.05) is 6.92 Å². The minimum Gasteiger partial charge on any atom is -0.329 e. The average molecular weight is 279 g/mol. The second-order valence-electron chi connectivity index (χ2n) is 4.42. The van der Waals surface area contributed by atoms with E-state index in [1.54, 1.807) is 48.1 Å². The molecule has 1 atom stereocenters. The van der Waals surface area contributed by atoms with Crippen molar-refractivity contribution in [1.29, 1.82) is 0 Å². The Labute approximate surface area is 113 Å². The number of nitrogens with zero attached hydrogens (tertiary/aromatic N) is 2. The van der Waals surface area contributed by atoms with Crippen LogP contribution in [-0.4, -0.2) is 24.7 Å². The van der Waals surface area contributed by atoms with Crippen LogP contribution in [0.25, 0.3) is 0 Å². The van der Waals surface area contributed by atoms with Crippen LogP contribution in [0.1, 0.15) is 16.6 Å². The van der Waals surface area contributed by atoms with Gasteiger partial charge in [0.2, 0.25) is 0 Å². The lowest BCUT2D eigenvalue weighted by Gasteiger charge is -2.16. The summed E-state index contributed by atoms with van der Waals surface area (Å²) in [4.78, 5) is 0.282. The van der Waals surface area contributed by atoms with E-state index in [9.17, 15) is 8.42 Å². The van der Waals surface area contributed by atoms with Crippen LogP contribution in [-0.2, 0) is 16.9 Å². The standard InChI is InChI=1S/C13H17N3O2S/c1-10-8-12(16(2)15-10)13(9-14)19(17,18)11-6-4-3-5-7-11/h3-8,13H,9,14H2,1-2H3. The first-order chi connectivity index (χ1) is 8.96. The van der Waals surface area contributed by atoms with Crippen molar-refractivity contribution in [3.63, 3.8) is 0 Å². The summed E-state index contributed by atoms with van der Waals surface area (Å²) in [6.07, 6.45) is 0. The van der Waals surface area contributed by atoms with Crippen LogP contribution in [0.3, 0.4) is 0 Å². The number of aryl methyl sites for hydroxylation is 2. The molecule has 1 aromatic heterocycles. The number of benzene rings is 1. The normalized spacial score (nSPS) is 13.4. The fourth-order valence-electron chi connectivity index (χ4n) is 2.11. The Morgan fingerprint density at radius 3 is 2.42 bits per heavy atom. The Balaban J connectivity index is 2.51. The summed E-state index contributed by atoms with van der Waals surface area (Å²) in [5, 5.41) is 3.41. The van der Waals surface area contributed by atoms with Crippen molar-refractivity contribution < 1.29 is 8.42 Å². The van der Waals surface area contributed by atoms with Crippen molar-refractivity contribution >= 4 is 9.84 Å². The molecule has 2 aromatic rings. The number of sulfone groups is 1. The highest BCUT2D eigenvalue weighted by Crippen LogP contribution is 2.28. The largest absolute Gasteiger partial charge is 0.329 e. The molecule has 0 aliphatic carbocycles. The Kier molecular flexibility index (Phi) is 3.73. The fraction of sp³-hybridized carbons (Fsp3) is 0.308. The molecule has 0 radical (unpaired) electrons. The van der Waals surface area contributed by atoms with Crippen LogP contribution < -0.4 is 5.73 Å². The molecule has 0 spiro atoms. The van der Waals surface area contributed by atoms with Crippen LogP contribution in [0.5, 0.6) is 0 Å². The van der Waals surface area contributed by atoms with E-state index < -0.39 is 15.1 Å². The third-order valence-corrected chi connectivity index (χ3v) is 5.14. The molecule has 0 amide bonds. The van der Waals surface area contributed by atoms with E-state index >= 15 is 0 Å². The topological polar surface area (TPSA) is 78.0 Å². The number of hydrogen-bond acceptors (Lipinski definition) is 4. The maximum atomic E-state index is 12.6. The third kappa shape index (κ3) is 2.54. The van der Waals surface area contributed by atoms with Gasteiger partial charge in [-0.3, -0.25) is 4.68 Å². The highest BCUT2D eigenvalue weighted by atomic mass is 32.2. The maximum absolute atomic E-state index is 12.6. The van der Waals surface area contributed by atoms with E-state index in [0.717, 1.165) is 5.69 Å². The number of rotatable bonds is 4. The molecule has 0 aliphatic heterocycles. The molecule has 0 saturated carbocycles. The van der Waals surface area contributed by atoms with Gasteiger partial charge in [0.05, 0.1) is 16.3 Å². The van der Waals surface area contributed by atoms with E-state index in [0.29, 0.717) is 5.69 Å². The molecule has 0 saturated heterocycles. The van der Waals surface area contributed by atoms with Gasteiger partial charge in [0.1, 0.15) is 5.25 Å². The lowest BCUT2D eigenvalue weighted by molar-refractivity contribution is 0.574. The van der Waals surface area contributed by atoms with Crippen LogP contribution in [0.4, 0.5) is 0 Å². The molecular weight excluding hydrogens is 262 g/mol. The summed E-state index contributed by atoms with van der Waals surface area (Å²) in [5.41, 5.74) is 7.08. The van der Waals surface area contributed by atoms with Crippen LogP contribution in [0.2, 0.25) is 0 Å². The zero-order valence-corrected chi connectivity index (χ0v) is 11.8. The van der Waals surface area contributed by atoms with Gasteiger partial charge in [-0.05, 0) is 25.1 Å². The van der Waals surface area contributed by atoms with Crippen LogP contribution in [0, 0.1) is 6.92 Å². The highest BCUT2D eigenvalue weighted by molar-refractivity contribution is 7.91. The van der Waals surface area contributed by atoms with Gasteiger partial charge in [0.25, 0.3) is 0 Å². The zero-order valence-electron chi connectivity index (χ0n) is 10.9. The first-order valence-electron chi connectivity index (χ1n) is 5.96. The predicted molar refractivity (Wildman–Crippen MR) is 73.4 cm³/mol. The van der Waals surface area contributed by atoms with E-state index in [4.69, 9.17) is 5.73 Å². The van der Waals surface area contributed by atoms with Crippen LogP contribution >= 0.6 is 0 Å². The second-order valence-corrected chi connectivity index (χ2v) is 6.55. The van der Waals surface area contributed by atoms with Crippen molar-refractivity contribution in [2.75, 3.05) is 6.54 Å². The molecule has 0 bridgehead atoms. The number of aromatic nitrogens is 2. The molecule has 0 fully saturated rings. The Hall–Kier alpha value is -1.66. The minimum absolute atomic E-state index is 0.0240. The van der Waals surface area contributed by atoms with Gasteiger partial charge in [0.15, 0.2) is 9.84 Å². The van der Waals surface area contributed by atoms with Crippen molar-refractivity contribution in [1.82, 2.24) is 9.78 Å². The summed E-state index contributed by atoms with van der Waals surface area (Å²) in [7, 11) is -1.77. The monoisotopic (exact) mass is 279 g/mol. The van der Waals surface area contributed by atoms with Crippen molar-refractivity contribution in [3.05, 3.63) is 47.8 Å². The van der Waals surface area contributed by atoms with Crippen LogP contribution in [0.15, 0.2) is 41.3 Å². The fourth-order valence-corrected chi connectivity index (χ4v) is 3.77. The quantitative estimate of drug-likeness (QED) is 0.912. The molecule has 6 heteroatoms. The zero-order chi connectivity index (χ0) is 14.0. The Morgan fingerprint density at radius 2 is 1.95 bits per heavy atom. The number of nitrogens with two attached hydrogens (primary N) is 1. The first-order valence-corrected chi connectivity index (χ1v) is 7.51. The molecule has 1 unspecified atom stereocenters. The number of hydrogen-bond donors (Lipinski definition) is 1. The highest BCUT2D eigenvalue weighted by Gasteiger charge is 2.30. The molecule has 5 nitrogen and oxygen atoms in total. The van der Waals surface area contributed by atoms with Gasteiger partial charge in [-0.25, -0.2) is 8.42 Å². The van der Waals surface area contributed by atoms with Gasteiger partial charge in [0, 0.05) is 13.6 Å². The maximum Gasteiger partial charge on any atom is 0.188 e. The van der Waals surface area contributed by atoms with Gasteiger partial charge < -0.3 is 5.73 Å². The molecule has 2 N–H and O–H groups in total. The second kappa shape index (κ2) is 5.14. The molecule has 0 aliphatic rings. The predicted octanol–water partition coefficient (Wildman–Crippen LogP) is 1.20.